The van der Waals surface area contributed by atoms with E-state index in [9.17, 15) is 0 Å². The molecule has 0 saturated carbocycles. The van der Waals surface area contributed by atoms with E-state index in [4.69, 9.17) is 9.15 Å². The molecule has 3 heterocycles. The number of hydrogen-bond acceptors (Lipinski definition) is 5. The third-order valence-corrected chi connectivity index (χ3v) is 6.68. The van der Waals surface area contributed by atoms with Crippen molar-refractivity contribution in [3.05, 3.63) is 71.7 Å². The molecule has 5 heteroatoms. The molecule has 30 heavy (non-hydrogen) atoms. The number of furan rings is 1. The van der Waals surface area contributed by atoms with Crippen LogP contribution in [0.15, 0.2) is 59.0 Å². The molecule has 0 bridgehead atoms. The van der Waals surface area contributed by atoms with Crippen molar-refractivity contribution < 1.29 is 9.15 Å². The maximum Gasteiger partial charge on any atom is 0.129 e. The molecule has 0 radical (unpaired) electrons. The summed E-state index contributed by atoms with van der Waals surface area (Å²) in [6.07, 6.45) is 2.50. The van der Waals surface area contributed by atoms with Crippen LogP contribution in [0, 0.1) is 5.92 Å². The molecule has 2 aliphatic rings. The van der Waals surface area contributed by atoms with E-state index in [0.717, 1.165) is 37.7 Å². The molecule has 0 amide bonds. The molecule has 3 atom stereocenters. The van der Waals surface area contributed by atoms with Gasteiger partial charge in [-0.15, -0.1) is 0 Å². The number of hydrogen-bond donors (Lipinski definition) is 2. The SMILES string of the molecule is COCc1ccc(CN2CCCC(C3NNCC3c3cccc4ccccc34)C2)o1. The molecule has 2 fully saturated rings. The largest absolute Gasteiger partial charge is 0.462 e. The van der Waals surface area contributed by atoms with Crippen LogP contribution in [0.3, 0.4) is 0 Å². The van der Waals surface area contributed by atoms with Crippen LogP contribution in [0.25, 0.3) is 10.8 Å². The van der Waals surface area contributed by atoms with Crippen LogP contribution in [0.2, 0.25) is 0 Å². The Bertz CT molecular complexity index is 980. The highest BCUT2D eigenvalue weighted by Gasteiger charge is 2.37. The fraction of sp³-hybridized carbons (Fsp3) is 0.440. The summed E-state index contributed by atoms with van der Waals surface area (Å²) in [5, 5.41) is 2.71. The Kier molecular flexibility index (Phi) is 5.86. The summed E-state index contributed by atoms with van der Waals surface area (Å²) < 4.78 is 11.1. The third kappa shape index (κ3) is 4.03. The van der Waals surface area contributed by atoms with E-state index in [2.05, 4.69) is 64.3 Å². The van der Waals surface area contributed by atoms with Crippen LogP contribution in [0.4, 0.5) is 0 Å². The van der Waals surface area contributed by atoms with Crippen molar-refractivity contribution in [1.29, 1.82) is 0 Å². The molecule has 158 valence electrons. The Morgan fingerprint density at radius 3 is 2.87 bits per heavy atom. The second kappa shape index (κ2) is 8.90. The molecule has 0 spiro atoms. The quantitative estimate of drug-likeness (QED) is 0.648. The van der Waals surface area contributed by atoms with Gasteiger partial charge in [-0.1, -0.05) is 42.5 Å². The lowest BCUT2D eigenvalue weighted by Crippen LogP contribution is -2.46. The van der Waals surface area contributed by atoms with Crippen molar-refractivity contribution in [3.63, 3.8) is 0 Å². The summed E-state index contributed by atoms with van der Waals surface area (Å²) in [6.45, 7) is 4.62. The van der Waals surface area contributed by atoms with E-state index in [-0.39, 0.29) is 0 Å². The van der Waals surface area contributed by atoms with E-state index >= 15 is 0 Å². The van der Waals surface area contributed by atoms with E-state index < -0.39 is 0 Å². The minimum Gasteiger partial charge on any atom is -0.462 e. The number of benzene rings is 2. The Balaban J connectivity index is 1.31. The van der Waals surface area contributed by atoms with Crippen LogP contribution in [-0.2, 0) is 17.9 Å². The summed E-state index contributed by atoms with van der Waals surface area (Å²) >= 11 is 0. The summed E-state index contributed by atoms with van der Waals surface area (Å²) in [6, 6.07) is 20.1. The smallest absolute Gasteiger partial charge is 0.129 e. The molecule has 5 nitrogen and oxygen atoms in total. The van der Waals surface area contributed by atoms with Gasteiger partial charge in [0.1, 0.15) is 18.1 Å². The number of rotatable bonds is 6. The van der Waals surface area contributed by atoms with Gasteiger partial charge >= 0.3 is 0 Å². The first-order valence-corrected chi connectivity index (χ1v) is 11.1. The predicted octanol–water partition coefficient (Wildman–Crippen LogP) is 4.05. The average molecular weight is 406 g/mol. The average Bonchev–Trinajstić information content (AvgIpc) is 3.44. The van der Waals surface area contributed by atoms with Crippen molar-refractivity contribution >= 4 is 10.8 Å². The van der Waals surface area contributed by atoms with Crippen molar-refractivity contribution in [1.82, 2.24) is 15.8 Å². The number of fused-ring (bicyclic) bond motifs is 1. The number of methoxy groups -OCH3 is 1. The van der Waals surface area contributed by atoms with E-state index in [1.165, 1.54) is 29.2 Å². The molecular formula is C25H31N3O2. The molecule has 5 rings (SSSR count). The Hall–Kier alpha value is -2.18. The minimum absolute atomic E-state index is 0.444. The molecule has 2 aliphatic heterocycles. The standard InChI is InChI=1S/C25H31N3O2/c1-29-17-21-12-11-20(30-21)16-28-13-5-8-19(15-28)25-24(14-26-27-25)23-10-4-7-18-6-2-3-9-22(18)23/h2-4,6-7,9-12,19,24-27H,5,8,13-17H2,1H3. The zero-order chi connectivity index (χ0) is 20.3. The number of nitrogens with one attached hydrogen (secondary N) is 2. The monoisotopic (exact) mass is 405 g/mol. The summed E-state index contributed by atoms with van der Waals surface area (Å²) in [5.41, 5.74) is 8.55. The minimum atomic E-state index is 0.444. The van der Waals surface area contributed by atoms with E-state index in [0.29, 0.717) is 24.5 Å². The van der Waals surface area contributed by atoms with Crippen LogP contribution < -0.4 is 10.9 Å². The second-order valence-electron chi connectivity index (χ2n) is 8.66. The molecule has 0 aliphatic carbocycles. The molecule has 2 aromatic carbocycles. The van der Waals surface area contributed by atoms with E-state index in [1.54, 1.807) is 7.11 Å². The molecule has 3 aromatic rings. The van der Waals surface area contributed by atoms with Gasteiger partial charge in [0.15, 0.2) is 0 Å². The maximum atomic E-state index is 5.93. The molecule has 2 saturated heterocycles. The molecular weight excluding hydrogens is 374 g/mol. The number of hydrazine groups is 1. The zero-order valence-electron chi connectivity index (χ0n) is 17.6. The van der Waals surface area contributed by atoms with Crippen molar-refractivity contribution in [2.45, 2.75) is 38.0 Å². The van der Waals surface area contributed by atoms with Gasteiger partial charge in [-0.3, -0.25) is 15.8 Å². The number of nitrogens with zero attached hydrogens (tertiary/aromatic N) is 1. The lowest BCUT2D eigenvalue weighted by Gasteiger charge is -2.37. The number of likely N-dealkylation sites (tertiary alicyclic amines) is 1. The van der Waals surface area contributed by atoms with Crippen LogP contribution in [0.1, 0.15) is 35.8 Å². The van der Waals surface area contributed by atoms with Gasteiger partial charge < -0.3 is 9.15 Å². The first-order valence-electron chi connectivity index (χ1n) is 11.1. The Morgan fingerprint density at radius 2 is 1.93 bits per heavy atom. The van der Waals surface area contributed by atoms with Crippen LogP contribution in [0.5, 0.6) is 0 Å². The highest BCUT2D eigenvalue weighted by molar-refractivity contribution is 5.86. The van der Waals surface area contributed by atoms with Gasteiger partial charge in [-0.2, -0.15) is 0 Å². The Labute approximate surface area is 178 Å². The predicted molar refractivity (Wildman–Crippen MR) is 119 cm³/mol. The highest BCUT2D eigenvalue weighted by Crippen LogP contribution is 2.35. The second-order valence-corrected chi connectivity index (χ2v) is 8.66. The first-order chi connectivity index (χ1) is 14.8. The van der Waals surface area contributed by atoms with Gasteiger partial charge in [0.2, 0.25) is 0 Å². The molecule has 2 N–H and O–H groups in total. The summed E-state index contributed by atoms with van der Waals surface area (Å²) in [5.74, 6) is 3.04. The van der Waals surface area contributed by atoms with Crippen molar-refractivity contribution in [2.24, 2.45) is 5.92 Å². The molecule has 3 unspecified atom stereocenters. The van der Waals surface area contributed by atoms with Crippen LogP contribution >= 0.6 is 0 Å². The summed E-state index contributed by atoms with van der Waals surface area (Å²) in [4.78, 5) is 2.55. The fourth-order valence-corrected chi connectivity index (χ4v) is 5.31. The van der Waals surface area contributed by atoms with Gasteiger partial charge in [0.25, 0.3) is 0 Å². The number of piperidine rings is 1. The first kappa shape index (κ1) is 19.8. The highest BCUT2D eigenvalue weighted by atomic mass is 16.5. The fourth-order valence-electron chi connectivity index (χ4n) is 5.31. The van der Waals surface area contributed by atoms with Gasteiger partial charge in [-0.25, -0.2) is 0 Å². The molecule has 1 aromatic heterocycles. The lowest BCUT2D eigenvalue weighted by atomic mass is 9.80. The van der Waals surface area contributed by atoms with Gasteiger partial charge in [0, 0.05) is 32.2 Å². The third-order valence-electron chi connectivity index (χ3n) is 6.68. The topological polar surface area (TPSA) is 49.7 Å². The van der Waals surface area contributed by atoms with Crippen molar-refractivity contribution in [3.8, 4) is 0 Å². The summed E-state index contributed by atoms with van der Waals surface area (Å²) in [7, 11) is 1.70. The maximum absolute atomic E-state index is 5.93. The normalized spacial score (nSPS) is 25.2. The van der Waals surface area contributed by atoms with Crippen molar-refractivity contribution in [2.75, 3.05) is 26.7 Å². The Morgan fingerprint density at radius 1 is 1.07 bits per heavy atom. The lowest BCUT2D eigenvalue weighted by molar-refractivity contribution is 0.126. The van der Waals surface area contributed by atoms with E-state index in [1.807, 2.05) is 6.07 Å². The van der Waals surface area contributed by atoms with Gasteiger partial charge in [0.05, 0.1) is 6.54 Å². The van der Waals surface area contributed by atoms with Crippen LogP contribution in [-0.4, -0.2) is 37.7 Å². The van der Waals surface area contributed by atoms with Gasteiger partial charge in [-0.05, 0) is 53.8 Å². The number of ether oxygens (including phenoxy) is 1. The zero-order valence-corrected chi connectivity index (χ0v) is 17.6.